The average Bonchev–Trinajstić information content (AvgIpc) is 2.78. The van der Waals surface area contributed by atoms with E-state index in [1.54, 1.807) is 30.1 Å². The first-order chi connectivity index (χ1) is 9.58. The van der Waals surface area contributed by atoms with E-state index in [0.717, 1.165) is 11.3 Å². The molecule has 0 atom stereocenters. The molecule has 0 N–H and O–H groups in total. The smallest absolute Gasteiger partial charge is 0.189 e. The molecule has 1 aromatic heterocycles. The summed E-state index contributed by atoms with van der Waals surface area (Å²) in [5.74, 6) is -0.102. The molecule has 20 heavy (non-hydrogen) atoms. The van der Waals surface area contributed by atoms with E-state index in [2.05, 4.69) is 5.10 Å². The van der Waals surface area contributed by atoms with Gasteiger partial charge in [-0.15, -0.1) is 0 Å². The van der Waals surface area contributed by atoms with Crippen molar-refractivity contribution in [2.75, 3.05) is 0 Å². The number of hydrogen-bond donors (Lipinski definition) is 0. The van der Waals surface area contributed by atoms with E-state index in [-0.39, 0.29) is 5.78 Å². The highest BCUT2D eigenvalue weighted by Crippen LogP contribution is 2.13. The molecule has 0 saturated heterocycles. The van der Waals surface area contributed by atoms with Crippen molar-refractivity contribution in [3.63, 3.8) is 0 Å². The summed E-state index contributed by atoms with van der Waals surface area (Å²) in [6, 6.07) is 9.70. The molecule has 0 unspecified atom stereocenters. The van der Waals surface area contributed by atoms with Gasteiger partial charge in [-0.3, -0.25) is 9.48 Å². The van der Waals surface area contributed by atoms with Gasteiger partial charge >= 0.3 is 0 Å². The Bertz CT molecular complexity index is 669. The van der Waals surface area contributed by atoms with Gasteiger partial charge in [-0.25, -0.2) is 0 Å². The van der Waals surface area contributed by atoms with Crippen molar-refractivity contribution in [2.45, 2.75) is 6.92 Å². The Labute approximate surface area is 123 Å². The van der Waals surface area contributed by atoms with Gasteiger partial charge in [0.15, 0.2) is 5.78 Å². The highest BCUT2D eigenvalue weighted by atomic mass is 35.5. The van der Waals surface area contributed by atoms with Crippen LogP contribution in [-0.4, -0.2) is 15.6 Å². The normalized spacial score (nSPS) is 12.1. The maximum absolute atomic E-state index is 12.0. The van der Waals surface area contributed by atoms with E-state index in [9.17, 15) is 4.79 Å². The molecule has 0 bridgehead atoms. The molecule has 1 aromatic carbocycles. The van der Waals surface area contributed by atoms with Gasteiger partial charge in [0.2, 0.25) is 0 Å². The van der Waals surface area contributed by atoms with Crippen LogP contribution in [-0.2, 0) is 7.05 Å². The summed E-state index contributed by atoms with van der Waals surface area (Å²) in [4.78, 5) is 12.0. The molecule has 0 aliphatic carbocycles. The lowest BCUT2D eigenvalue weighted by molar-refractivity contribution is 0.104. The minimum atomic E-state index is -0.102. The lowest BCUT2D eigenvalue weighted by atomic mass is 10.1. The van der Waals surface area contributed by atoms with Crippen LogP contribution in [0.2, 0.25) is 0 Å². The Kier molecular flexibility index (Phi) is 4.53. The average molecular weight is 287 g/mol. The molecule has 4 heteroatoms. The molecule has 0 fully saturated rings. The van der Waals surface area contributed by atoms with Gasteiger partial charge in [0.05, 0.1) is 11.8 Å². The molecule has 102 valence electrons. The first kappa shape index (κ1) is 14.3. The number of carbonyl (C=O) groups excluding carboxylic acids is 1. The van der Waals surface area contributed by atoms with Crippen LogP contribution in [0, 0.1) is 6.92 Å². The van der Waals surface area contributed by atoms with E-state index < -0.39 is 0 Å². The highest BCUT2D eigenvalue weighted by molar-refractivity contribution is 6.33. The molecule has 0 spiro atoms. The number of aryl methyl sites for hydroxylation is 1. The fraction of sp³-hybridized carbons (Fsp3) is 0.125. The largest absolute Gasteiger partial charge is 0.289 e. The summed E-state index contributed by atoms with van der Waals surface area (Å²) >= 11 is 6.09. The van der Waals surface area contributed by atoms with Crippen LogP contribution in [0.1, 0.15) is 21.6 Å². The number of aromatic nitrogens is 2. The Balaban J connectivity index is 2.11. The number of benzene rings is 1. The standard InChI is InChI=1S/C16H15ClN2O/c1-12-15(11-18-19(12)2)16(20)9-8-14(17)10-13-6-4-3-5-7-13/h3-11H,1-2H3/b9-8+,14-10-. The van der Waals surface area contributed by atoms with Crippen molar-refractivity contribution < 1.29 is 4.79 Å². The Morgan fingerprint density at radius 2 is 1.95 bits per heavy atom. The van der Waals surface area contributed by atoms with Crippen LogP contribution in [0.5, 0.6) is 0 Å². The number of nitrogens with zero attached hydrogens (tertiary/aromatic N) is 2. The highest BCUT2D eigenvalue weighted by Gasteiger charge is 2.09. The molecule has 0 aliphatic heterocycles. The number of rotatable bonds is 4. The minimum Gasteiger partial charge on any atom is -0.289 e. The second-order valence-corrected chi connectivity index (χ2v) is 4.84. The SMILES string of the molecule is Cc1c(C(=O)/C=C/C(Cl)=C/c2ccccc2)cnn1C. The van der Waals surface area contributed by atoms with Crippen molar-refractivity contribution in [3.8, 4) is 0 Å². The van der Waals surface area contributed by atoms with Gasteiger partial charge in [0, 0.05) is 17.8 Å². The maximum atomic E-state index is 12.0. The lowest BCUT2D eigenvalue weighted by Gasteiger charge is -1.96. The Hall–Kier alpha value is -2.13. The molecular weight excluding hydrogens is 272 g/mol. The summed E-state index contributed by atoms with van der Waals surface area (Å²) in [7, 11) is 1.80. The fourth-order valence-electron chi connectivity index (χ4n) is 1.74. The molecule has 3 nitrogen and oxygen atoms in total. The third kappa shape index (κ3) is 3.45. The second kappa shape index (κ2) is 6.35. The quantitative estimate of drug-likeness (QED) is 0.487. The molecule has 2 rings (SSSR count). The zero-order valence-corrected chi connectivity index (χ0v) is 12.1. The van der Waals surface area contributed by atoms with Crippen LogP contribution >= 0.6 is 11.6 Å². The Morgan fingerprint density at radius 1 is 1.25 bits per heavy atom. The van der Waals surface area contributed by atoms with Gasteiger partial charge in [-0.05, 0) is 30.7 Å². The first-order valence-corrected chi connectivity index (χ1v) is 6.59. The monoisotopic (exact) mass is 286 g/mol. The summed E-state index contributed by atoms with van der Waals surface area (Å²) in [5.41, 5.74) is 2.42. The van der Waals surface area contributed by atoms with Crippen molar-refractivity contribution in [1.29, 1.82) is 0 Å². The van der Waals surface area contributed by atoms with Crippen molar-refractivity contribution in [1.82, 2.24) is 9.78 Å². The van der Waals surface area contributed by atoms with Gasteiger partial charge in [-0.1, -0.05) is 41.9 Å². The third-order valence-corrected chi connectivity index (χ3v) is 3.23. The van der Waals surface area contributed by atoms with Gasteiger partial charge in [0.1, 0.15) is 0 Å². The van der Waals surface area contributed by atoms with E-state index in [1.807, 2.05) is 37.3 Å². The predicted octanol–water partition coefficient (Wildman–Crippen LogP) is 3.75. The molecule has 2 aromatic rings. The second-order valence-electron chi connectivity index (χ2n) is 4.40. The van der Waals surface area contributed by atoms with E-state index in [1.165, 1.54) is 6.08 Å². The zero-order valence-electron chi connectivity index (χ0n) is 11.4. The van der Waals surface area contributed by atoms with Crippen molar-refractivity contribution in [3.05, 3.63) is 70.5 Å². The molecule has 0 radical (unpaired) electrons. The third-order valence-electron chi connectivity index (χ3n) is 3.00. The number of ketones is 1. The van der Waals surface area contributed by atoms with E-state index >= 15 is 0 Å². The van der Waals surface area contributed by atoms with E-state index in [0.29, 0.717) is 10.6 Å². The topological polar surface area (TPSA) is 34.9 Å². The van der Waals surface area contributed by atoms with E-state index in [4.69, 9.17) is 11.6 Å². The van der Waals surface area contributed by atoms with Gasteiger partial charge in [0.25, 0.3) is 0 Å². The molecule has 1 heterocycles. The number of carbonyl (C=O) groups is 1. The van der Waals surface area contributed by atoms with Gasteiger partial charge in [-0.2, -0.15) is 5.10 Å². The number of halogens is 1. The van der Waals surface area contributed by atoms with Crippen molar-refractivity contribution in [2.24, 2.45) is 7.05 Å². The maximum Gasteiger partial charge on any atom is 0.189 e. The number of allylic oxidation sites excluding steroid dienone is 3. The fourth-order valence-corrected chi connectivity index (χ4v) is 1.93. The summed E-state index contributed by atoms with van der Waals surface area (Å²) in [5, 5.41) is 4.55. The zero-order chi connectivity index (χ0) is 14.5. The molecule has 0 amide bonds. The predicted molar refractivity (Wildman–Crippen MR) is 81.7 cm³/mol. The molecule has 0 saturated carbocycles. The number of hydrogen-bond acceptors (Lipinski definition) is 2. The lowest BCUT2D eigenvalue weighted by Crippen LogP contribution is -1.98. The van der Waals surface area contributed by atoms with Gasteiger partial charge < -0.3 is 0 Å². The molecular formula is C16H15ClN2O. The summed E-state index contributed by atoms with van der Waals surface area (Å²) < 4.78 is 1.67. The summed E-state index contributed by atoms with van der Waals surface area (Å²) in [6.07, 6.45) is 6.44. The molecule has 0 aliphatic rings. The van der Waals surface area contributed by atoms with Crippen molar-refractivity contribution >= 4 is 23.5 Å². The first-order valence-electron chi connectivity index (χ1n) is 6.21. The van der Waals surface area contributed by atoms with Crippen LogP contribution in [0.15, 0.2) is 53.7 Å². The van der Waals surface area contributed by atoms with Crippen LogP contribution in [0.4, 0.5) is 0 Å². The van der Waals surface area contributed by atoms with Crippen LogP contribution in [0.3, 0.4) is 0 Å². The van der Waals surface area contributed by atoms with Crippen LogP contribution in [0.25, 0.3) is 6.08 Å². The summed E-state index contributed by atoms with van der Waals surface area (Å²) in [6.45, 7) is 1.86. The Morgan fingerprint density at radius 3 is 2.55 bits per heavy atom. The minimum absolute atomic E-state index is 0.102. The van der Waals surface area contributed by atoms with Crippen LogP contribution < -0.4 is 0 Å².